The first-order valence-electron chi connectivity index (χ1n) is 29.6. The van der Waals surface area contributed by atoms with Crippen LogP contribution in [-0.4, -0.2) is 169 Å². The van der Waals surface area contributed by atoms with E-state index in [1.54, 1.807) is 34.6 Å². The van der Waals surface area contributed by atoms with Gasteiger partial charge in [-0.1, -0.05) is 67.5 Å². The monoisotopic (exact) mass is 1160 g/mol. The average molecular weight is 1160 g/mol. The highest BCUT2D eigenvalue weighted by Crippen LogP contribution is 2.44. The van der Waals surface area contributed by atoms with Gasteiger partial charge in [0.15, 0.2) is 17.4 Å². The zero-order valence-corrected chi connectivity index (χ0v) is 48.6. The number of aromatic hydroxyl groups is 1. The third-order valence-electron chi connectivity index (χ3n) is 18.4. The zero-order valence-electron chi connectivity index (χ0n) is 47.7. The van der Waals surface area contributed by atoms with Crippen molar-refractivity contribution in [2.24, 2.45) is 5.92 Å². The lowest BCUT2D eigenvalue weighted by Crippen LogP contribution is -2.51. The molecule has 4 N–H and O–H groups in total. The molecule has 22 heteroatoms. The number of nitrogens with zero attached hydrogens (tertiary/aromatic N) is 10. The number of fused-ring (bicyclic) bond motifs is 5. The number of rotatable bonds is 15. The van der Waals surface area contributed by atoms with E-state index in [1.807, 2.05) is 86.6 Å². The van der Waals surface area contributed by atoms with E-state index >= 15 is 4.39 Å². The van der Waals surface area contributed by atoms with E-state index in [0.717, 1.165) is 77.5 Å². The Morgan fingerprint density at radius 2 is 1.70 bits per heavy atom. The Hall–Kier alpha value is -7.53. The third-order valence-corrected chi connectivity index (χ3v) is 19.4. The molecule has 3 amide bonds. The quantitative estimate of drug-likeness (QED) is 0.0763. The Morgan fingerprint density at radius 3 is 2.46 bits per heavy atom. The van der Waals surface area contributed by atoms with Crippen LogP contribution in [0.25, 0.3) is 43.4 Å². The van der Waals surface area contributed by atoms with Crippen molar-refractivity contribution in [3.8, 4) is 33.5 Å². The van der Waals surface area contributed by atoms with Crippen LogP contribution in [0.3, 0.4) is 0 Å². The normalized spacial score (nSPS) is 24.1. The molecule has 10 heterocycles. The molecule has 84 heavy (non-hydrogen) atoms. The smallest absolute Gasteiger partial charge is 0.409 e. The number of ether oxygens (including phenoxy) is 2. The summed E-state index contributed by atoms with van der Waals surface area (Å²) in [6, 6.07) is 20.0. The van der Waals surface area contributed by atoms with Crippen LogP contribution in [0.1, 0.15) is 94.7 Å². The number of carbonyl (C=O) groups is 3. The van der Waals surface area contributed by atoms with Crippen molar-refractivity contribution in [3.05, 3.63) is 101 Å². The molecular formula is C62H71FN12O8S. The Morgan fingerprint density at radius 1 is 0.917 bits per heavy atom. The number of β-amino-alcohol motifs (C(OH)–C–C–N with tert-alkyl or cyclic N) is 1. The fourth-order valence-corrected chi connectivity index (χ4v) is 14.8. The predicted molar refractivity (Wildman–Crippen MR) is 315 cm³/mol. The molecule has 4 unspecified atom stereocenters. The van der Waals surface area contributed by atoms with Crippen LogP contribution >= 0.6 is 11.3 Å². The Balaban J connectivity index is 0.627. The standard InChI is InChI=1S/C62H71FN12O8S/c1-35(2)52(59(79)74-31-45(77)26-49(74)58(78)66-36(3)38-10-12-39(13-11-38)56-37(4)65-34-84-56)50-27-51(70-83-50)71-20-22-72(23-21-71)61(80)81-32-43-16-18-62(17-7-19-75(43)62)33-82-60-68-55-48(57(69-60)73-29-41-14-15-42(30-73)67-41)28-64-54(53(55)63)47-25-44(76)24-40-8-5-6-9-46(40)47/h5-6,8-13,24-25,27-28,34-36,41-43,45,49,52,67,76-77H,7,14-23,26,29-33H2,1-4H3,(H,66,78)/t36?,41?,42?,43-,45-,49+,52?,62-/m1/s1. The molecule has 0 radical (unpaired) electrons. The van der Waals surface area contributed by atoms with Crippen LogP contribution < -0.4 is 25.2 Å². The summed E-state index contributed by atoms with van der Waals surface area (Å²) >= 11 is 1.58. The number of benzene rings is 3. The minimum absolute atomic E-state index is 0.0114. The molecule has 6 saturated heterocycles. The summed E-state index contributed by atoms with van der Waals surface area (Å²) in [7, 11) is 0. The number of halogens is 1. The first-order chi connectivity index (χ1) is 40.7. The molecule has 0 spiro atoms. The van der Waals surface area contributed by atoms with Gasteiger partial charge in [-0.25, -0.2) is 14.2 Å². The van der Waals surface area contributed by atoms with Crippen LogP contribution in [0.15, 0.2) is 83.0 Å². The lowest BCUT2D eigenvalue weighted by molar-refractivity contribution is -0.141. The number of aryl methyl sites for hydroxylation is 1. The Bertz CT molecular complexity index is 3600. The van der Waals surface area contributed by atoms with Gasteiger partial charge in [0, 0.05) is 88.2 Å². The Labute approximate surface area is 490 Å². The van der Waals surface area contributed by atoms with Crippen molar-refractivity contribution >= 4 is 62.6 Å². The van der Waals surface area contributed by atoms with E-state index in [1.165, 1.54) is 11.0 Å². The second-order valence-electron chi connectivity index (χ2n) is 24.1. The molecule has 7 aromatic rings. The third kappa shape index (κ3) is 10.6. The van der Waals surface area contributed by atoms with Gasteiger partial charge in [-0.2, -0.15) is 9.97 Å². The van der Waals surface area contributed by atoms with Crippen LogP contribution in [0, 0.1) is 18.7 Å². The molecule has 2 bridgehead atoms. The highest BCUT2D eigenvalue weighted by molar-refractivity contribution is 7.13. The topological polar surface area (TPSA) is 228 Å². The summed E-state index contributed by atoms with van der Waals surface area (Å²) in [5.41, 5.74) is 5.08. The fraction of sp³-hybridized carbons (Fsp3) is 0.484. The van der Waals surface area contributed by atoms with E-state index in [2.05, 4.69) is 35.6 Å². The van der Waals surface area contributed by atoms with Crippen LogP contribution in [-0.2, 0) is 14.3 Å². The molecule has 20 nitrogen and oxygen atoms in total. The van der Waals surface area contributed by atoms with Crippen molar-refractivity contribution in [2.45, 2.75) is 120 Å². The number of pyridine rings is 1. The van der Waals surface area contributed by atoms with Gasteiger partial charge in [0.05, 0.1) is 39.2 Å². The van der Waals surface area contributed by atoms with Crippen molar-refractivity contribution in [3.63, 3.8) is 0 Å². The van der Waals surface area contributed by atoms with E-state index in [9.17, 15) is 24.6 Å². The summed E-state index contributed by atoms with van der Waals surface area (Å²) in [5, 5.41) is 34.7. The number of aromatic nitrogens is 5. The van der Waals surface area contributed by atoms with Crippen molar-refractivity contribution in [1.29, 1.82) is 0 Å². The maximum absolute atomic E-state index is 17.1. The van der Waals surface area contributed by atoms with Gasteiger partial charge in [-0.15, -0.1) is 11.3 Å². The van der Waals surface area contributed by atoms with Crippen LogP contribution in [0.5, 0.6) is 11.8 Å². The van der Waals surface area contributed by atoms with E-state index in [0.29, 0.717) is 79.7 Å². The maximum Gasteiger partial charge on any atom is 0.409 e. The first kappa shape index (κ1) is 55.6. The molecule has 440 valence electrons. The SMILES string of the molecule is Cc1ncsc1-c1ccc(C(C)NC(=O)[C@@H]2C[C@@H](O)CN2C(=O)C(c2cc(N3CCN(C(=O)OC[C@H]4CC[C@@]5(COc6nc(N7CC8CCC(C7)N8)c7cnc(-c8cc(O)cc9ccccc89)c(F)c7n6)CCCN45)CC3)no2)C(C)C)cc1. The number of aliphatic hydroxyl groups excluding tert-OH is 1. The summed E-state index contributed by atoms with van der Waals surface area (Å²) in [5.74, 6) is -0.715. The summed E-state index contributed by atoms with van der Waals surface area (Å²) in [6.45, 7) is 12.2. The second kappa shape index (κ2) is 22.8. The van der Waals surface area contributed by atoms with Crippen LogP contribution in [0.2, 0.25) is 0 Å². The lowest BCUT2D eigenvalue weighted by Gasteiger charge is -2.36. The molecule has 3 aromatic carbocycles. The summed E-state index contributed by atoms with van der Waals surface area (Å²) in [4.78, 5) is 71.8. The Kier molecular flexibility index (Phi) is 15.1. The molecule has 0 saturated carbocycles. The number of carbonyl (C=O) groups excluding carboxylic acids is 3. The lowest BCUT2D eigenvalue weighted by atomic mass is 9.91. The molecule has 4 aromatic heterocycles. The molecular weight excluding hydrogens is 1090 g/mol. The van der Waals surface area contributed by atoms with Crippen LogP contribution in [0.4, 0.5) is 20.8 Å². The highest BCUT2D eigenvalue weighted by Gasteiger charge is 2.51. The minimum atomic E-state index is -0.864. The number of amides is 3. The van der Waals surface area contributed by atoms with Crippen molar-refractivity contribution in [1.82, 2.24) is 50.4 Å². The number of piperazine rings is 2. The molecule has 6 aliphatic heterocycles. The van der Waals surface area contributed by atoms with E-state index in [-0.39, 0.29) is 90.6 Å². The van der Waals surface area contributed by atoms with E-state index < -0.39 is 23.9 Å². The molecule has 6 aliphatic rings. The largest absolute Gasteiger partial charge is 0.508 e. The number of likely N-dealkylation sites (tertiary alicyclic amines) is 1. The summed E-state index contributed by atoms with van der Waals surface area (Å²) in [6.07, 6.45) is 6.10. The van der Waals surface area contributed by atoms with E-state index in [4.69, 9.17) is 24.0 Å². The van der Waals surface area contributed by atoms with Crippen molar-refractivity contribution < 1.29 is 43.0 Å². The number of phenolic OH excluding ortho intramolecular Hbond substituents is 1. The number of aliphatic hydroxyl groups is 1. The zero-order chi connectivity index (χ0) is 58.0. The van der Waals surface area contributed by atoms with Gasteiger partial charge in [0.25, 0.3) is 0 Å². The van der Waals surface area contributed by atoms with Gasteiger partial charge in [0.1, 0.15) is 48.0 Å². The highest BCUT2D eigenvalue weighted by atomic mass is 32.1. The van der Waals surface area contributed by atoms with Gasteiger partial charge in [-0.05, 0) is 98.9 Å². The number of hydrogen-bond acceptors (Lipinski definition) is 18. The number of nitrogens with one attached hydrogen (secondary N) is 2. The average Bonchev–Trinajstić information content (AvgIpc) is 2.09. The number of anilines is 2. The van der Waals surface area contributed by atoms with Gasteiger partial charge >= 0.3 is 12.1 Å². The maximum atomic E-state index is 17.1. The molecule has 0 aliphatic carbocycles. The number of phenols is 1. The van der Waals surface area contributed by atoms with Gasteiger partial charge in [-0.3, -0.25) is 19.5 Å². The summed E-state index contributed by atoms with van der Waals surface area (Å²) < 4.78 is 35.7. The van der Waals surface area contributed by atoms with Gasteiger partial charge in [0.2, 0.25) is 11.8 Å². The fourth-order valence-electron chi connectivity index (χ4n) is 14.0. The predicted octanol–water partition coefficient (Wildman–Crippen LogP) is 7.96. The molecule has 13 rings (SSSR count). The second-order valence-corrected chi connectivity index (χ2v) is 25.0. The number of hydrogen-bond donors (Lipinski definition) is 4. The molecule has 8 atom stereocenters. The number of thiazole rings is 1. The molecule has 6 fully saturated rings. The van der Waals surface area contributed by atoms with Crippen molar-refractivity contribution in [2.75, 3.05) is 75.4 Å². The minimum Gasteiger partial charge on any atom is -0.508 e. The van der Waals surface area contributed by atoms with Gasteiger partial charge < -0.3 is 54.4 Å². The first-order valence-corrected chi connectivity index (χ1v) is 30.5.